The topological polar surface area (TPSA) is 162 Å². The number of pyridine rings is 2. The Morgan fingerprint density at radius 1 is 1.17 bits per heavy atom. The average Bonchev–Trinajstić information content (AvgIpc) is 3.27. The maximum Gasteiger partial charge on any atom is 0.269 e. The molecular weight excluding hydrogens is 614 g/mol. The Labute approximate surface area is 247 Å². The average molecular weight is 639 g/mol. The zero-order valence-electron chi connectivity index (χ0n) is 22.4. The number of halogens is 2. The summed E-state index contributed by atoms with van der Waals surface area (Å²) in [7, 11) is 0. The van der Waals surface area contributed by atoms with Crippen LogP contribution in [0.25, 0.3) is 22.2 Å². The molecule has 12 nitrogen and oxygen atoms in total. The van der Waals surface area contributed by atoms with Gasteiger partial charge >= 0.3 is 0 Å². The molecule has 3 amide bonds. The van der Waals surface area contributed by atoms with Gasteiger partial charge in [0.15, 0.2) is 11.5 Å². The molecule has 1 aliphatic carbocycles. The fourth-order valence-corrected chi connectivity index (χ4v) is 6.10. The van der Waals surface area contributed by atoms with E-state index in [2.05, 4.69) is 53.2 Å². The number of carbonyl (C=O) groups is 3. The lowest BCUT2D eigenvalue weighted by atomic mass is 10.0. The summed E-state index contributed by atoms with van der Waals surface area (Å²) in [5, 5.41) is 7.94. The first-order chi connectivity index (χ1) is 19.4. The molecule has 2 aliphatic rings. The van der Waals surface area contributed by atoms with E-state index in [4.69, 9.17) is 17.3 Å². The van der Waals surface area contributed by atoms with Crippen LogP contribution < -0.4 is 11.1 Å². The van der Waals surface area contributed by atoms with Crippen LogP contribution in [0.1, 0.15) is 41.8 Å². The van der Waals surface area contributed by atoms with E-state index in [1.165, 1.54) is 4.68 Å². The minimum absolute atomic E-state index is 0.0231. The first kappa shape index (κ1) is 27.2. The second-order valence-electron chi connectivity index (χ2n) is 10.7. The highest BCUT2D eigenvalue weighted by molar-refractivity contribution is 9.10. The number of nitrogens with two attached hydrogens (primary N) is 1. The van der Waals surface area contributed by atoms with E-state index in [9.17, 15) is 14.4 Å². The summed E-state index contributed by atoms with van der Waals surface area (Å²) >= 11 is 9.52. The molecule has 3 atom stereocenters. The van der Waals surface area contributed by atoms with Gasteiger partial charge in [0.25, 0.3) is 5.91 Å². The molecule has 41 heavy (non-hydrogen) atoms. The van der Waals surface area contributed by atoms with Crippen molar-refractivity contribution < 1.29 is 14.4 Å². The van der Waals surface area contributed by atoms with Crippen molar-refractivity contribution in [2.45, 2.75) is 52.2 Å². The Hall–Kier alpha value is -3.97. The molecule has 0 spiro atoms. The summed E-state index contributed by atoms with van der Waals surface area (Å²) in [4.78, 5) is 58.6. The highest BCUT2D eigenvalue weighted by Crippen LogP contribution is 2.59. The van der Waals surface area contributed by atoms with Gasteiger partial charge in [-0.15, -0.1) is 0 Å². The largest absolute Gasteiger partial charge is 0.364 e. The van der Waals surface area contributed by atoms with Crippen molar-refractivity contribution in [3.8, 4) is 11.3 Å². The number of fused-ring (bicyclic) bond motifs is 2. The molecule has 5 heterocycles. The van der Waals surface area contributed by atoms with Gasteiger partial charge in [0.2, 0.25) is 11.8 Å². The van der Waals surface area contributed by atoms with E-state index in [-0.39, 0.29) is 46.4 Å². The Bertz CT molecular complexity index is 1760. The monoisotopic (exact) mass is 637 g/mol. The highest BCUT2D eigenvalue weighted by Gasteiger charge is 2.64. The molecule has 1 saturated carbocycles. The third kappa shape index (κ3) is 4.82. The van der Waals surface area contributed by atoms with E-state index < -0.39 is 11.9 Å². The van der Waals surface area contributed by atoms with Gasteiger partial charge in [0, 0.05) is 29.4 Å². The smallest absolute Gasteiger partial charge is 0.269 e. The van der Waals surface area contributed by atoms with Crippen molar-refractivity contribution in [1.29, 1.82) is 0 Å². The van der Waals surface area contributed by atoms with E-state index in [0.29, 0.717) is 44.7 Å². The predicted octanol–water partition coefficient (Wildman–Crippen LogP) is 3.43. The zero-order valence-corrected chi connectivity index (χ0v) is 24.7. The third-order valence-corrected chi connectivity index (χ3v) is 8.52. The Kier molecular flexibility index (Phi) is 6.53. The molecule has 4 aromatic rings. The van der Waals surface area contributed by atoms with Crippen LogP contribution >= 0.6 is 27.5 Å². The van der Waals surface area contributed by atoms with Crippen LogP contribution in [0.2, 0.25) is 5.02 Å². The second-order valence-corrected chi connectivity index (χ2v) is 11.9. The SMILES string of the molecule is Cc1ncc(-c2cc3c(C(N)=O)nn(CC(=O)N4[C@H](C(=O)Nc5nc(Br)ccc5Cl)C[C@@]5(C)C[C@@H]45)c3c(C)n2)cn1. The first-order valence-electron chi connectivity index (χ1n) is 12.9. The minimum Gasteiger partial charge on any atom is -0.364 e. The number of likely N-dealkylation sites (tertiary alicyclic amines) is 1. The van der Waals surface area contributed by atoms with Gasteiger partial charge in [-0.25, -0.2) is 15.0 Å². The molecule has 0 unspecified atom stereocenters. The second kappa shape index (κ2) is 9.84. The standard InChI is InChI=1S/C27H25BrClN9O3/c1-12-23-15(6-17(33-12)14-9-31-13(2)32-10-14)22(24(30)40)36-37(23)11-21(39)38-18(7-27(3)8-19(27)38)26(41)35-25-16(29)4-5-20(28)34-25/h4-6,9-10,18-19H,7-8,11H2,1-3H3,(H2,30,40)(H,34,35,41)/t18-,19+,27-/m0/s1. The van der Waals surface area contributed by atoms with Crippen LogP contribution in [0, 0.1) is 19.3 Å². The number of aromatic nitrogens is 6. The summed E-state index contributed by atoms with van der Waals surface area (Å²) in [6.07, 6.45) is 4.61. The van der Waals surface area contributed by atoms with Gasteiger partial charge in [0.1, 0.15) is 23.0 Å². The van der Waals surface area contributed by atoms with Gasteiger partial charge in [-0.05, 0) is 66.2 Å². The Balaban J connectivity index is 1.32. The lowest BCUT2D eigenvalue weighted by Crippen LogP contribution is -2.47. The van der Waals surface area contributed by atoms with E-state index in [1.54, 1.807) is 49.3 Å². The van der Waals surface area contributed by atoms with Crippen LogP contribution in [0.4, 0.5) is 5.82 Å². The number of nitrogens with zero attached hydrogens (tertiary/aromatic N) is 7. The minimum atomic E-state index is -0.732. The fraction of sp³-hybridized carbons (Fsp3) is 0.333. The Morgan fingerprint density at radius 2 is 1.90 bits per heavy atom. The molecule has 6 rings (SSSR count). The number of hydrogen-bond acceptors (Lipinski definition) is 8. The number of nitrogens with one attached hydrogen (secondary N) is 1. The number of hydrogen-bond donors (Lipinski definition) is 2. The highest BCUT2D eigenvalue weighted by atomic mass is 79.9. The van der Waals surface area contributed by atoms with Crippen LogP contribution in [-0.2, 0) is 16.1 Å². The number of rotatable bonds is 6. The molecule has 0 radical (unpaired) electrons. The number of piperidine rings is 1. The van der Waals surface area contributed by atoms with Crippen LogP contribution in [-0.4, -0.2) is 64.4 Å². The fourth-order valence-electron chi connectivity index (χ4n) is 5.64. The summed E-state index contributed by atoms with van der Waals surface area (Å²) in [6.45, 7) is 5.41. The van der Waals surface area contributed by atoms with Gasteiger partial charge < -0.3 is 16.0 Å². The van der Waals surface area contributed by atoms with E-state index in [0.717, 1.165) is 6.42 Å². The summed E-state index contributed by atoms with van der Waals surface area (Å²) in [6, 6.07) is 4.19. The molecule has 14 heteroatoms. The van der Waals surface area contributed by atoms with Crippen molar-refractivity contribution >= 4 is 62.0 Å². The van der Waals surface area contributed by atoms with Gasteiger partial charge in [-0.2, -0.15) is 5.10 Å². The number of aryl methyl sites for hydroxylation is 2. The number of carbonyl (C=O) groups excluding carboxylic acids is 3. The maximum absolute atomic E-state index is 13.8. The summed E-state index contributed by atoms with van der Waals surface area (Å²) < 4.78 is 1.96. The molecule has 2 fully saturated rings. The molecule has 1 saturated heterocycles. The van der Waals surface area contributed by atoms with Crippen LogP contribution in [0.3, 0.4) is 0 Å². The van der Waals surface area contributed by atoms with Gasteiger partial charge in [0.05, 0.1) is 21.9 Å². The van der Waals surface area contributed by atoms with Crippen molar-refractivity contribution in [3.05, 3.63) is 57.4 Å². The normalized spacial score (nSPS) is 21.1. The van der Waals surface area contributed by atoms with Crippen molar-refractivity contribution in [2.75, 3.05) is 5.32 Å². The quantitative estimate of drug-likeness (QED) is 0.304. The Morgan fingerprint density at radius 3 is 2.61 bits per heavy atom. The van der Waals surface area contributed by atoms with Crippen molar-refractivity contribution in [2.24, 2.45) is 11.1 Å². The molecular formula is C27H25BrClN9O3. The number of primary amides is 1. The molecule has 3 N–H and O–H groups in total. The predicted molar refractivity (Wildman–Crippen MR) is 154 cm³/mol. The van der Waals surface area contributed by atoms with Crippen LogP contribution in [0.15, 0.2) is 35.2 Å². The number of anilines is 1. The van der Waals surface area contributed by atoms with Crippen LogP contribution in [0.5, 0.6) is 0 Å². The molecule has 0 bridgehead atoms. The third-order valence-electron chi connectivity index (χ3n) is 7.78. The number of amides is 3. The summed E-state index contributed by atoms with van der Waals surface area (Å²) in [5.74, 6) is -0.576. The lowest BCUT2D eigenvalue weighted by Gasteiger charge is -2.27. The molecule has 4 aromatic heterocycles. The van der Waals surface area contributed by atoms with Crippen molar-refractivity contribution in [1.82, 2.24) is 34.6 Å². The van der Waals surface area contributed by atoms with Gasteiger partial charge in [-0.1, -0.05) is 18.5 Å². The van der Waals surface area contributed by atoms with E-state index >= 15 is 0 Å². The summed E-state index contributed by atoms with van der Waals surface area (Å²) in [5.41, 5.74) is 7.82. The van der Waals surface area contributed by atoms with E-state index in [1.807, 2.05) is 0 Å². The molecule has 1 aliphatic heterocycles. The zero-order chi connectivity index (χ0) is 29.2. The molecule has 0 aromatic carbocycles. The molecule has 210 valence electrons. The maximum atomic E-state index is 13.8. The first-order valence-corrected chi connectivity index (χ1v) is 14.0. The lowest BCUT2D eigenvalue weighted by molar-refractivity contribution is -0.138. The van der Waals surface area contributed by atoms with Gasteiger partial charge in [-0.3, -0.25) is 24.0 Å². The van der Waals surface area contributed by atoms with Crippen molar-refractivity contribution in [3.63, 3.8) is 0 Å².